The molecule has 0 saturated carbocycles. The molecule has 0 unspecified atom stereocenters. The number of aryl methyl sites for hydroxylation is 2. The summed E-state index contributed by atoms with van der Waals surface area (Å²) in [5.74, 6) is 0.692. The van der Waals surface area contributed by atoms with Gasteiger partial charge in [-0.25, -0.2) is 4.98 Å². The number of likely N-dealkylation sites (N-methyl/N-ethyl adjacent to an activating group) is 1. The predicted octanol–water partition coefficient (Wildman–Crippen LogP) is 3.67. The average molecular weight is 333 g/mol. The van der Waals surface area contributed by atoms with Crippen molar-refractivity contribution in [3.63, 3.8) is 0 Å². The molecule has 4 heteroatoms. The van der Waals surface area contributed by atoms with Crippen molar-refractivity contribution in [2.24, 2.45) is 0 Å². The van der Waals surface area contributed by atoms with Crippen LogP contribution in [0.2, 0.25) is 0 Å². The summed E-state index contributed by atoms with van der Waals surface area (Å²) < 4.78 is 0.900. The van der Waals surface area contributed by atoms with Gasteiger partial charge in [0.1, 0.15) is 5.82 Å². The predicted molar refractivity (Wildman–Crippen MR) is 85.0 cm³/mol. The van der Waals surface area contributed by atoms with Crippen LogP contribution in [-0.2, 0) is 11.2 Å². The van der Waals surface area contributed by atoms with Gasteiger partial charge in [0.25, 0.3) is 0 Å². The van der Waals surface area contributed by atoms with E-state index >= 15 is 0 Å². The highest BCUT2D eigenvalue weighted by atomic mass is 79.9. The van der Waals surface area contributed by atoms with E-state index in [0.717, 1.165) is 15.6 Å². The molecule has 0 fully saturated rings. The third-order valence-electron chi connectivity index (χ3n) is 3.28. The molecule has 2 rings (SSSR count). The largest absolute Gasteiger partial charge is 0.300 e. The molecule has 0 aliphatic carbocycles. The van der Waals surface area contributed by atoms with E-state index in [0.29, 0.717) is 12.2 Å². The van der Waals surface area contributed by atoms with E-state index in [-0.39, 0.29) is 5.91 Å². The fraction of sp³-hybridized carbons (Fsp3) is 0.250. The molecule has 0 spiro atoms. The summed E-state index contributed by atoms with van der Waals surface area (Å²) in [6, 6.07) is 9.88. The first kappa shape index (κ1) is 14.7. The highest BCUT2D eigenvalue weighted by Crippen LogP contribution is 2.16. The van der Waals surface area contributed by atoms with Gasteiger partial charge >= 0.3 is 0 Å². The van der Waals surface area contributed by atoms with Gasteiger partial charge in [-0.15, -0.1) is 0 Å². The van der Waals surface area contributed by atoms with E-state index in [1.54, 1.807) is 18.1 Å². The van der Waals surface area contributed by atoms with Crippen LogP contribution in [0.4, 0.5) is 5.82 Å². The minimum atomic E-state index is 0.0357. The smallest absolute Gasteiger partial charge is 0.232 e. The molecule has 3 nitrogen and oxygen atoms in total. The van der Waals surface area contributed by atoms with Crippen molar-refractivity contribution < 1.29 is 4.79 Å². The molecule has 1 aromatic heterocycles. The van der Waals surface area contributed by atoms with Crippen LogP contribution < -0.4 is 4.90 Å². The van der Waals surface area contributed by atoms with Crippen LogP contribution in [-0.4, -0.2) is 17.9 Å². The lowest BCUT2D eigenvalue weighted by atomic mass is 10.0. The van der Waals surface area contributed by atoms with Crippen molar-refractivity contribution in [2.75, 3.05) is 11.9 Å². The number of hydrogen-bond donors (Lipinski definition) is 0. The minimum absolute atomic E-state index is 0.0357. The molecule has 0 bridgehead atoms. The summed E-state index contributed by atoms with van der Waals surface area (Å²) in [6.45, 7) is 4.06. The Morgan fingerprint density at radius 3 is 2.65 bits per heavy atom. The molecular weight excluding hydrogens is 316 g/mol. The maximum Gasteiger partial charge on any atom is 0.232 e. The second-order valence-electron chi connectivity index (χ2n) is 4.89. The van der Waals surface area contributed by atoms with E-state index in [1.165, 1.54) is 5.56 Å². The number of rotatable bonds is 3. The number of nitrogens with zero attached hydrogens (tertiary/aromatic N) is 2. The lowest BCUT2D eigenvalue weighted by Crippen LogP contribution is -2.28. The normalized spacial score (nSPS) is 10.4. The van der Waals surface area contributed by atoms with Gasteiger partial charge < -0.3 is 0 Å². The van der Waals surface area contributed by atoms with E-state index < -0.39 is 0 Å². The molecule has 1 heterocycles. The number of pyridine rings is 1. The highest BCUT2D eigenvalue weighted by molar-refractivity contribution is 9.10. The third kappa shape index (κ3) is 3.45. The van der Waals surface area contributed by atoms with Gasteiger partial charge in [0.05, 0.1) is 6.42 Å². The molecule has 0 atom stereocenters. The number of carbonyl (C=O) groups is 1. The maximum atomic E-state index is 12.3. The molecule has 0 aliphatic rings. The van der Waals surface area contributed by atoms with Crippen molar-refractivity contribution in [1.82, 2.24) is 4.98 Å². The van der Waals surface area contributed by atoms with Gasteiger partial charge in [0.2, 0.25) is 5.91 Å². The Morgan fingerprint density at radius 1 is 1.25 bits per heavy atom. The molecule has 0 N–H and O–H groups in total. The number of amides is 1. The van der Waals surface area contributed by atoms with Gasteiger partial charge in [-0.1, -0.05) is 23.8 Å². The van der Waals surface area contributed by atoms with Crippen molar-refractivity contribution in [3.8, 4) is 0 Å². The Bertz CT molecular complexity index is 623. The van der Waals surface area contributed by atoms with Crippen LogP contribution in [0.3, 0.4) is 0 Å². The summed E-state index contributed by atoms with van der Waals surface area (Å²) in [6.07, 6.45) is 2.08. The maximum absolute atomic E-state index is 12.3. The summed E-state index contributed by atoms with van der Waals surface area (Å²) >= 11 is 3.34. The van der Waals surface area contributed by atoms with Crippen LogP contribution in [0.15, 0.2) is 41.0 Å². The highest BCUT2D eigenvalue weighted by Gasteiger charge is 2.13. The fourth-order valence-electron chi connectivity index (χ4n) is 1.97. The first-order valence-electron chi connectivity index (χ1n) is 6.41. The molecule has 0 aliphatic heterocycles. The lowest BCUT2D eigenvalue weighted by Gasteiger charge is -2.17. The second kappa shape index (κ2) is 6.18. The number of halogens is 1. The molecular formula is C16H17BrN2O. The quantitative estimate of drug-likeness (QED) is 0.859. The number of aromatic nitrogens is 1. The van der Waals surface area contributed by atoms with E-state index in [4.69, 9.17) is 0 Å². The Hall–Kier alpha value is -1.68. The first-order chi connectivity index (χ1) is 9.47. The summed E-state index contributed by atoms with van der Waals surface area (Å²) in [7, 11) is 1.75. The summed E-state index contributed by atoms with van der Waals surface area (Å²) in [5, 5.41) is 0. The summed E-state index contributed by atoms with van der Waals surface area (Å²) in [5.41, 5.74) is 3.38. The monoisotopic (exact) mass is 332 g/mol. The van der Waals surface area contributed by atoms with Gasteiger partial charge in [-0.2, -0.15) is 0 Å². The van der Waals surface area contributed by atoms with E-state index in [1.807, 2.05) is 26.0 Å². The zero-order valence-electron chi connectivity index (χ0n) is 11.9. The first-order valence-corrected chi connectivity index (χ1v) is 7.21. The summed E-state index contributed by atoms with van der Waals surface area (Å²) in [4.78, 5) is 18.2. The van der Waals surface area contributed by atoms with Gasteiger partial charge in [-0.3, -0.25) is 9.69 Å². The molecule has 1 aromatic carbocycles. The number of hydrogen-bond acceptors (Lipinski definition) is 2. The number of carbonyl (C=O) groups excluding carboxylic acids is 1. The van der Waals surface area contributed by atoms with Gasteiger partial charge in [0, 0.05) is 17.7 Å². The third-order valence-corrected chi connectivity index (χ3v) is 3.74. The van der Waals surface area contributed by atoms with Crippen molar-refractivity contribution in [2.45, 2.75) is 20.3 Å². The fourth-order valence-corrected chi connectivity index (χ4v) is 2.20. The number of anilines is 1. The number of benzene rings is 1. The SMILES string of the molecule is Cc1ccc(C)c(CC(=O)N(C)c2ccc(Br)cn2)c1. The standard InChI is InChI=1S/C16H17BrN2O/c1-11-4-5-12(2)13(8-11)9-16(20)19(3)15-7-6-14(17)10-18-15/h4-8,10H,9H2,1-3H3. The molecule has 0 saturated heterocycles. The molecule has 2 aromatic rings. The van der Waals surface area contributed by atoms with E-state index in [2.05, 4.69) is 39.1 Å². The minimum Gasteiger partial charge on any atom is -0.300 e. The van der Waals surface area contributed by atoms with Crippen molar-refractivity contribution in [3.05, 3.63) is 57.7 Å². The van der Waals surface area contributed by atoms with Crippen LogP contribution in [0.25, 0.3) is 0 Å². The van der Waals surface area contributed by atoms with E-state index in [9.17, 15) is 4.79 Å². The second-order valence-corrected chi connectivity index (χ2v) is 5.81. The molecule has 104 valence electrons. The van der Waals surface area contributed by atoms with Crippen LogP contribution >= 0.6 is 15.9 Å². The Kier molecular flexibility index (Phi) is 4.55. The zero-order valence-corrected chi connectivity index (χ0v) is 13.4. The van der Waals surface area contributed by atoms with Crippen molar-refractivity contribution >= 4 is 27.7 Å². The average Bonchev–Trinajstić information content (AvgIpc) is 2.43. The van der Waals surface area contributed by atoms with Gasteiger partial charge in [-0.05, 0) is 53.0 Å². The Balaban J connectivity index is 2.15. The van der Waals surface area contributed by atoms with Crippen LogP contribution in [0.1, 0.15) is 16.7 Å². The Labute approximate surface area is 127 Å². The van der Waals surface area contributed by atoms with Crippen molar-refractivity contribution in [1.29, 1.82) is 0 Å². The topological polar surface area (TPSA) is 33.2 Å². The molecule has 1 amide bonds. The van der Waals surface area contributed by atoms with Crippen LogP contribution in [0, 0.1) is 13.8 Å². The van der Waals surface area contributed by atoms with Gasteiger partial charge in [0.15, 0.2) is 0 Å². The molecule has 20 heavy (non-hydrogen) atoms. The van der Waals surface area contributed by atoms with Crippen LogP contribution in [0.5, 0.6) is 0 Å². The zero-order chi connectivity index (χ0) is 14.7. The Morgan fingerprint density at radius 2 is 2.00 bits per heavy atom. The molecule has 0 radical (unpaired) electrons. The lowest BCUT2D eigenvalue weighted by molar-refractivity contribution is -0.117.